The van der Waals surface area contributed by atoms with E-state index in [1.165, 1.54) is 7.05 Å². The Morgan fingerprint density at radius 2 is 1.68 bits per heavy atom. The molecular formula is C22H34NO7W-. The van der Waals surface area contributed by atoms with Gasteiger partial charge in [0, 0.05) is 63.8 Å². The molecule has 2 unspecified atom stereocenters. The van der Waals surface area contributed by atoms with E-state index in [-0.39, 0.29) is 51.1 Å². The number of carbonyl (C=O) groups is 3. The van der Waals surface area contributed by atoms with Gasteiger partial charge in [-0.3, -0.25) is 14.5 Å². The van der Waals surface area contributed by atoms with Gasteiger partial charge in [0.15, 0.2) is 0 Å². The maximum Gasteiger partial charge on any atom is 0.333 e. The number of hydrogen-bond donors (Lipinski definition) is 0. The van der Waals surface area contributed by atoms with E-state index in [9.17, 15) is 14.4 Å². The molecule has 3 fully saturated rings. The van der Waals surface area contributed by atoms with Crippen molar-refractivity contribution in [2.45, 2.75) is 53.2 Å². The average Bonchev–Trinajstić information content (AvgIpc) is 3.21. The second-order valence-corrected chi connectivity index (χ2v) is 8.06. The molecule has 8 nitrogen and oxygen atoms in total. The summed E-state index contributed by atoms with van der Waals surface area (Å²) >= 11 is 0. The van der Waals surface area contributed by atoms with Gasteiger partial charge < -0.3 is 18.9 Å². The molecule has 4 heterocycles. The minimum absolute atomic E-state index is 0. The van der Waals surface area contributed by atoms with Crippen LogP contribution in [0.3, 0.4) is 0 Å². The maximum atomic E-state index is 11.0. The van der Waals surface area contributed by atoms with Gasteiger partial charge in [-0.15, -0.1) is 0 Å². The molecule has 0 spiro atoms. The summed E-state index contributed by atoms with van der Waals surface area (Å²) in [6, 6.07) is 0. The number of likely N-dealkylation sites (N-methyl/N-ethyl adjacent to an activating group) is 1. The summed E-state index contributed by atoms with van der Waals surface area (Å²) in [6.45, 7) is 15.7. The van der Waals surface area contributed by atoms with Crippen molar-refractivity contribution in [1.82, 2.24) is 4.90 Å². The zero-order chi connectivity index (χ0) is 23.9. The Balaban J connectivity index is 0.000000405. The molecule has 176 valence electrons. The maximum absolute atomic E-state index is 11.0. The van der Waals surface area contributed by atoms with Crippen LogP contribution < -0.4 is 0 Å². The standard InChI is InChI=1S/C7H9NO2.C6H12O2.C6H8O2.C3H5O.W/c1-4-5(2)7(10)8(3)6(4)9;1-6(3-7-2)4-8-5-6;1-4-3-5(2)8-6(4)7;1-3-2-4-3;/h1-3H3;3-5H2,1-2H3;5H,1,3H2,2H3;2-3H,1H3;/q;;;-1;/i;;;2D;. The Kier molecular flexibility index (Phi) is 11.8. The van der Waals surface area contributed by atoms with Gasteiger partial charge in [-0.2, -0.15) is 7.95 Å². The summed E-state index contributed by atoms with van der Waals surface area (Å²) < 4.78 is 25.8. The number of esters is 1. The zero-order valence-corrected chi connectivity index (χ0v) is 22.3. The predicted molar refractivity (Wildman–Crippen MR) is 111 cm³/mol. The van der Waals surface area contributed by atoms with E-state index in [2.05, 4.69) is 18.2 Å². The molecule has 4 rings (SSSR count). The van der Waals surface area contributed by atoms with Gasteiger partial charge in [0.1, 0.15) is 6.10 Å². The van der Waals surface area contributed by atoms with Crippen LogP contribution in [0.25, 0.3) is 0 Å². The second kappa shape index (κ2) is 13.3. The molecule has 0 radical (unpaired) electrons. The molecule has 0 aromatic heterocycles. The molecule has 2 amide bonds. The van der Waals surface area contributed by atoms with Crippen LogP contribution in [-0.4, -0.2) is 68.9 Å². The second-order valence-electron chi connectivity index (χ2n) is 8.06. The van der Waals surface area contributed by atoms with Gasteiger partial charge in [-0.25, -0.2) is 4.79 Å². The van der Waals surface area contributed by atoms with E-state index in [4.69, 9.17) is 15.6 Å². The average molecular weight is 609 g/mol. The van der Waals surface area contributed by atoms with E-state index in [0.717, 1.165) is 24.7 Å². The van der Waals surface area contributed by atoms with Gasteiger partial charge in [0.2, 0.25) is 0 Å². The quantitative estimate of drug-likeness (QED) is 0.156. The summed E-state index contributed by atoms with van der Waals surface area (Å²) in [5.41, 5.74) is 2.05. The van der Waals surface area contributed by atoms with Crippen LogP contribution in [0, 0.1) is 12.0 Å². The first-order valence-corrected chi connectivity index (χ1v) is 9.78. The predicted octanol–water partition coefficient (Wildman–Crippen LogP) is 2.43. The molecule has 31 heavy (non-hydrogen) atoms. The number of nitrogens with zero attached hydrogens (tertiary/aromatic N) is 1. The summed E-state index contributed by atoms with van der Waals surface area (Å²) in [6.07, 6.45) is 0.878. The number of carbonyl (C=O) groups excluding carboxylic acids is 3. The van der Waals surface area contributed by atoms with Crippen molar-refractivity contribution in [2.75, 3.05) is 34.0 Å². The molecule has 0 bridgehead atoms. The number of methoxy groups -OCH3 is 1. The number of imide groups is 1. The number of cyclic esters (lactones) is 1. The first-order valence-electron chi connectivity index (χ1n) is 10.3. The molecule has 4 aliphatic rings. The van der Waals surface area contributed by atoms with Gasteiger partial charge >= 0.3 is 5.97 Å². The van der Waals surface area contributed by atoms with Crippen molar-refractivity contribution >= 4 is 17.8 Å². The van der Waals surface area contributed by atoms with Crippen LogP contribution in [0.5, 0.6) is 0 Å². The largest absolute Gasteiger partial charge is 0.570 e. The third-order valence-corrected chi connectivity index (χ3v) is 4.69. The van der Waals surface area contributed by atoms with Crippen molar-refractivity contribution in [3.8, 4) is 0 Å². The van der Waals surface area contributed by atoms with Crippen LogP contribution in [0.15, 0.2) is 23.3 Å². The summed E-state index contributed by atoms with van der Waals surface area (Å²) in [5, 5.41) is 0. The Hall–Kier alpha value is -1.34. The number of amides is 2. The first-order chi connectivity index (χ1) is 14.3. The third kappa shape index (κ3) is 9.77. The van der Waals surface area contributed by atoms with Gasteiger partial charge in [-0.05, 0) is 20.8 Å². The molecule has 0 aromatic rings. The van der Waals surface area contributed by atoms with Gasteiger partial charge in [0.25, 0.3) is 11.8 Å². The number of epoxide rings is 1. The molecule has 9 heteroatoms. The molecule has 4 aliphatic heterocycles. The molecule has 0 saturated carbocycles. The Bertz CT molecular complexity index is 690. The summed E-state index contributed by atoms with van der Waals surface area (Å²) in [5.74, 6) is -0.595. The van der Waals surface area contributed by atoms with E-state index >= 15 is 0 Å². The van der Waals surface area contributed by atoms with Gasteiger partial charge in [-0.1, -0.05) is 26.5 Å². The molecule has 0 aliphatic carbocycles. The Labute approximate surface area is 201 Å². The van der Waals surface area contributed by atoms with Crippen molar-refractivity contribution in [3.63, 3.8) is 0 Å². The van der Waals surface area contributed by atoms with Crippen LogP contribution >= 0.6 is 0 Å². The van der Waals surface area contributed by atoms with Crippen LogP contribution in [0.4, 0.5) is 0 Å². The van der Waals surface area contributed by atoms with E-state index < -0.39 is 0 Å². The van der Waals surface area contributed by atoms with Crippen LogP contribution in [-0.2, 0) is 54.4 Å². The third-order valence-electron chi connectivity index (χ3n) is 4.69. The van der Waals surface area contributed by atoms with Crippen LogP contribution in [0.1, 0.15) is 42.4 Å². The normalized spacial score (nSPS) is 26.2. The zero-order valence-electron chi connectivity index (χ0n) is 20.4. The fourth-order valence-corrected chi connectivity index (χ4v) is 2.60. The monoisotopic (exact) mass is 609 g/mol. The fourth-order valence-electron chi connectivity index (χ4n) is 2.60. The number of ether oxygens (including phenoxy) is 4. The smallest absolute Gasteiger partial charge is 0.333 e. The van der Waals surface area contributed by atoms with Crippen molar-refractivity contribution < 1.29 is 55.8 Å². The topological polar surface area (TPSA) is 94.7 Å². The minimum atomic E-state index is -0.238. The Morgan fingerprint density at radius 3 is 1.77 bits per heavy atom. The fraction of sp³-hybridized carbons (Fsp3) is 0.636. The molecular weight excluding hydrogens is 574 g/mol. The van der Waals surface area contributed by atoms with Gasteiger partial charge in [0.05, 0.1) is 19.8 Å². The minimum Gasteiger partial charge on any atom is -0.570 e. The molecule has 3 saturated heterocycles. The SMILES string of the molecule is C=C1CC(C)OC1=O.CC1=C(C)C(=O)N(C)C1=O.COCC1(C)COC1.[2H][C-]1OC1C.[W]. The molecule has 2 atom stereocenters. The first kappa shape index (κ1) is 27.7. The van der Waals surface area contributed by atoms with E-state index in [1.54, 1.807) is 21.0 Å². The number of rotatable bonds is 2. The van der Waals surface area contributed by atoms with E-state index in [1.807, 2.05) is 13.8 Å². The molecule has 0 aromatic carbocycles. The molecule has 0 N–H and O–H groups in total. The van der Waals surface area contributed by atoms with Crippen molar-refractivity contribution in [1.29, 1.82) is 0 Å². The number of hydrogen-bond acceptors (Lipinski definition) is 7. The van der Waals surface area contributed by atoms with Crippen LogP contribution in [0.2, 0.25) is 0 Å². The van der Waals surface area contributed by atoms with Crippen molar-refractivity contribution in [2.24, 2.45) is 5.41 Å². The Morgan fingerprint density at radius 1 is 1.23 bits per heavy atom. The summed E-state index contributed by atoms with van der Waals surface area (Å²) in [4.78, 5) is 33.5. The van der Waals surface area contributed by atoms with Crippen molar-refractivity contribution in [3.05, 3.63) is 29.9 Å². The summed E-state index contributed by atoms with van der Waals surface area (Å²) in [7, 11) is 3.22. The van der Waals surface area contributed by atoms with E-state index in [0.29, 0.717) is 35.1 Å².